The number of likely N-dealkylation sites (tertiary alicyclic amines) is 1. The summed E-state index contributed by atoms with van der Waals surface area (Å²) in [7, 11) is -0.454. The van der Waals surface area contributed by atoms with Crippen LogP contribution in [-0.4, -0.2) is 49.2 Å². The third kappa shape index (κ3) is 5.47. The number of amides is 1. The summed E-state index contributed by atoms with van der Waals surface area (Å²) in [4.78, 5) is 27.3. The lowest BCUT2D eigenvalue weighted by Crippen LogP contribution is -2.50. The molecule has 1 N–H and O–H groups in total. The van der Waals surface area contributed by atoms with Crippen LogP contribution in [0.25, 0.3) is 0 Å². The molecule has 1 aliphatic rings. The average Bonchev–Trinajstić information content (AvgIpc) is 2.78. The van der Waals surface area contributed by atoms with Gasteiger partial charge in [0.25, 0.3) is 5.91 Å². The molecule has 0 spiro atoms. The molecule has 5 nitrogen and oxygen atoms in total. The highest BCUT2D eigenvalue weighted by Crippen LogP contribution is 2.39. The van der Waals surface area contributed by atoms with Crippen LogP contribution in [0.3, 0.4) is 0 Å². The van der Waals surface area contributed by atoms with Crippen molar-refractivity contribution in [2.24, 2.45) is 5.92 Å². The van der Waals surface area contributed by atoms with Crippen molar-refractivity contribution in [1.29, 1.82) is 0 Å². The Kier molecular flexibility index (Phi) is 8.51. The fraction of sp³-hybridized carbons (Fsp3) is 0.818. The van der Waals surface area contributed by atoms with E-state index in [1.54, 1.807) is 7.05 Å². The number of carbonyl (C=O) groups is 2. The molecule has 1 heterocycles. The van der Waals surface area contributed by atoms with Gasteiger partial charge in [-0.1, -0.05) is 60.3 Å². The van der Waals surface area contributed by atoms with E-state index in [1.165, 1.54) is 4.90 Å². The van der Waals surface area contributed by atoms with Crippen LogP contribution in [-0.2, 0) is 14.0 Å². The number of nitrogens with zero attached hydrogens (tertiary/aromatic N) is 1. The normalized spacial score (nSPS) is 22.6. The zero-order valence-corrected chi connectivity index (χ0v) is 20.4. The smallest absolute Gasteiger partial charge is 0.261 e. The maximum atomic E-state index is 13.1. The minimum Gasteiger partial charge on any atom is -0.511 e. The first-order valence-corrected chi connectivity index (χ1v) is 13.6. The first kappa shape index (κ1) is 24.9. The van der Waals surface area contributed by atoms with Gasteiger partial charge in [-0.3, -0.25) is 9.59 Å². The fourth-order valence-electron chi connectivity index (χ4n) is 3.46. The third-order valence-corrected chi connectivity index (χ3v) is 11.0. The summed E-state index contributed by atoms with van der Waals surface area (Å²) in [6, 6.07) is -0.675. The van der Waals surface area contributed by atoms with Crippen molar-refractivity contribution in [3.63, 3.8) is 0 Å². The Morgan fingerprint density at radius 3 is 2.25 bits per heavy atom. The SMILES string of the molecule is CCCCCC[C@H](C)/C(O)=C1\C(=O)[C@@H]([C@@H](C)O[Si](C)(C)C(C)(C)C)N(C)C1=O. The second-order valence-corrected chi connectivity index (χ2v) is 14.6. The van der Waals surface area contributed by atoms with Crippen LogP contribution in [0.4, 0.5) is 0 Å². The zero-order valence-electron chi connectivity index (χ0n) is 19.4. The number of carbonyl (C=O) groups excluding carboxylic acids is 2. The number of ketones is 1. The van der Waals surface area contributed by atoms with Gasteiger partial charge in [-0.05, 0) is 31.5 Å². The van der Waals surface area contributed by atoms with Crippen molar-refractivity contribution in [3.05, 3.63) is 11.3 Å². The average molecular weight is 412 g/mol. The molecule has 162 valence electrons. The molecular formula is C22H41NO4Si. The predicted octanol–water partition coefficient (Wildman–Crippen LogP) is 5.23. The Bertz CT molecular complexity index is 606. The summed E-state index contributed by atoms with van der Waals surface area (Å²) >= 11 is 0. The molecular weight excluding hydrogens is 370 g/mol. The van der Waals surface area contributed by atoms with Gasteiger partial charge in [-0.25, -0.2) is 0 Å². The summed E-state index contributed by atoms with van der Waals surface area (Å²) in [5.74, 6) is -0.945. The molecule has 0 aromatic heterocycles. The van der Waals surface area contributed by atoms with Crippen molar-refractivity contribution >= 4 is 20.0 Å². The van der Waals surface area contributed by atoms with E-state index in [2.05, 4.69) is 40.8 Å². The van der Waals surface area contributed by atoms with Gasteiger partial charge in [0.15, 0.2) is 14.1 Å². The maximum absolute atomic E-state index is 13.1. The van der Waals surface area contributed by atoms with Gasteiger partial charge in [0, 0.05) is 13.0 Å². The maximum Gasteiger partial charge on any atom is 0.261 e. The molecule has 0 aromatic carbocycles. The van der Waals surface area contributed by atoms with E-state index in [0.717, 1.165) is 32.1 Å². The first-order chi connectivity index (χ1) is 12.8. The number of unbranched alkanes of at least 4 members (excludes halogenated alkanes) is 3. The summed E-state index contributed by atoms with van der Waals surface area (Å²) in [5.41, 5.74) is -0.0406. The van der Waals surface area contributed by atoms with Gasteiger partial charge >= 0.3 is 0 Å². The molecule has 1 rings (SSSR count). The van der Waals surface area contributed by atoms with Crippen molar-refractivity contribution in [3.8, 4) is 0 Å². The third-order valence-electron chi connectivity index (χ3n) is 6.41. The molecule has 3 atom stereocenters. The number of allylic oxidation sites excluding steroid dienone is 1. The number of hydrogen-bond acceptors (Lipinski definition) is 4. The Morgan fingerprint density at radius 2 is 1.75 bits per heavy atom. The van der Waals surface area contributed by atoms with E-state index in [9.17, 15) is 14.7 Å². The number of rotatable bonds is 9. The van der Waals surface area contributed by atoms with E-state index < -0.39 is 26.4 Å². The number of Topliss-reactive ketones (excluding diaryl/α,β-unsaturated/α-hetero) is 1. The molecule has 1 amide bonds. The van der Waals surface area contributed by atoms with Gasteiger partial charge in [0.05, 0.1) is 6.10 Å². The highest BCUT2D eigenvalue weighted by molar-refractivity contribution is 6.74. The van der Waals surface area contributed by atoms with Gasteiger partial charge in [0.1, 0.15) is 17.4 Å². The van der Waals surface area contributed by atoms with Gasteiger partial charge in [-0.15, -0.1) is 0 Å². The van der Waals surface area contributed by atoms with Crippen molar-refractivity contribution in [1.82, 2.24) is 4.90 Å². The number of aliphatic hydroxyl groups is 1. The van der Waals surface area contributed by atoms with E-state index in [4.69, 9.17) is 4.43 Å². The molecule has 0 saturated carbocycles. The topological polar surface area (TPSA) is 66.8 Å². The molecule has 0 aromatic rings. The van der Waals surface area contributed by atoms with Crippen molar-refractivity contribution in [2.75, 3.05) is 7.05 Å². The van der Waals surface area contributed by atoms with Crippen LogP contribution >= 0.6 is 0 Å². The number of aliphatic hydroxyl groups excluding tert-OH is 1. The van der Waals surface area contributed by atoms with Gasteiger partial charge < -0.3 is 14.4 Å². The fourth-order valence-corrected chi connectivity index (χ4v) is 4.87. The summed E-state index contributed by atoms with van der Waals surface area (Å²) in [6.07, 6.45) is 4.77. The van der Waals surface area contributed by atoms with Crippen LogP contribution in [0.5, 0.6) is 0 Å². The number of likely N-dealkylation sites (N-methyl/N-ethyl adjacent to an activating group) is 1. The molecule has 28 heavy (non-hydrogen) atoms. The molecule has 0 unspecified atom stereocenters. The van der Waals surface area contributed by atoms with Gasteiger partial charge in [0.2, 0.25) is 0 Å². The summed E-state index contributed by atoms with van der Waals surface area (Å²) in [5, 5.41) is 10.7. The van der Waals surface area contributed by atoms with E-state index in [0.29, 0.717) is 0 Å². The lowest BCUT2D eigenvalue weighted by atomic mass is 9.95. The quantitative estimate of drug-likeness (QED) is 0.186. The zero-order chi connectivity index (χ0) is 21.9. The number of hydrogen-bond donors (Lipinski definition) is 1. The molecule has 0 radical (unpaired) electrons. The Labute approximate surface area is 172 Å². The highest BCUT2D eigenvalue weighted by Gasteiger charge is 2.49. The van der Waals surface area contributed by atoms with E-state index >= 15 is 0 Å². The largest absolute Gasteiger partial charge is 0.511 e. The van der Waals surface area contributed by atoms with E-state index in [-0.39, 0.29) is 28.1 Å². The first-order valence-electron chi connectivity index (χ1n) is 10.7. The Hall–Kier alpha value is -1.14. The van der Waals surface area contributed by atoms with Crippen LogP contribution < -0.4 is 0 Å². The van der Waals surface area contributed by atoms with Crippen molar-refractivity contribution in [2.45, 2.75) is 104 Å². The Balaban J connectivity index is 3.00. The molecule has 1 fully saturated rings. The monoisotopic (exact) mass is 411 g/mol. The predicted molar refractivity (Wildman–Crippen MR) is 117 cm³/mol. The lowest BCUT2D eigenvalue weighted by Gasteiger charge is -2.40. The van der Waals surface area contributed by atoms with Crippen molar-refractivity contribution < 1.29 is 19.1 Å². The standard InChI is InChI=1S/C22H41NO4Si/c1-10-11-12-13-14-15(2)19(24)17-20(25)18(23(7)21(17)26)16(3)27-28(8,9)22(4,5)6/h15-16,18,24H,10-14H2,1-9H3/b19-17-/t15-,16+,18+/m0/s1. The summed E-state index contributed by atoms with van der Waals surface area (Å²) in [6.45, 7) is 16.6. The van der Waals surface area contributed by atoms with Crippen LogP contribution in [0.1, 0.15) is 73.6 Å². The van der Waals surface area contributed by atoms with Gasteiger partial charge in [-0.2, -0.15) is 0 Å². The van der Waals surface area contributed by atoms with Crippen LogP contribution in [0, 0.1) is 5.92 Å². The minimum atomic E-state index is -2.08. The second-order valence-electron chi connectivity index (χ2n) is 9.82. The molecule has 0 aliphatic carbocycles. The molecule has 1 saturated heterocycles. The molecule has 1 aliphatic heterocycles. The van der Waals surface area contributed by atoms with Crippen LogP contribution in [0.2, 0.25) is 18.1 Å². The Morgan fingerprint density at radius 1 is 1.18 bits per heavy atom. The summed E-state index contributed by atoms with van der Waals surface area (Å²) < 4.78 is 6.38. The van der Waals surface area contributed by atoms with E-state index in [1.807, 2.05) is 13.8 Å². The lowest BCUT2D eigenvalue weighted by molar-refractivity contribution is -0.127. The molecule has 0 bridgehead atoms. The highest BCUT2D eigenvalue weighted by atomic mass is 28.4. The van der Waals surface area contributed by atoms with Crippen LogP contribution in [0.15, 0.2) is 11.3 Å². The second kappa shape index (κ2) is 9.57. The molecule has 6 heteroatoms. The minimum absolute atomic E-state index is 0.0132.